The van der Waals surface area contributed by atoms with Gasteiger partial charge in [0.15, 0.2) is 0 Å². The number of amides is 2. The fourth-order valence-electron chi connectivity index (χ4n) is 0.249. The lowest BCUT2D eigenvalue weighted by Gasteiger charge is -2.15. The highest BCUT2D eigenvalue weighted by atomic mass is 16.2. The molecule has 0 radical (unpaired) electrons. The predicted octanol–water partition coefficient (Wildman–Crippen LogP) is -0.646. The van der Waals surface area contributed by atoms with E-state index >= 15 is 0 Å². The molecule has 2 amide bonds. The van der Waals surface area contributed by atoms with Gasteiger partial charge in [-0.3, -0.25) is 10.0 Å². The molecule has 0 rings (SSSR count). The van der Waals surface area contributed by atoms with Crippen LogP contribution in [0.2, 0.25) is 0 Å². The van der Waals surface area contributed by atoms with E-state index in [0.717, 1.165) is 10.0 Å². The molecule has 56 valence electrons. The topological polar surface area (TPSA) is 75.6 Å². The molecule has 0 spiro atoms. The van der Waals surface area contributed by atoms with Crippen molar-refractivity contribution in [3.63, 3.8) is 0 Å². The molecule has 5 heteroatoms. The summed E-state index contributed by atoms with van der Waals surface area (Å²) in [6.07, 6.45) is 0. The van der Waals surface area contributed by atoms with E-state index in [4.69, 9.17) is 11.7 Å². The van der Waals surface area contributed by atoms with Gasteiger partial charge in [-0.15, -0.1) is 0 Å². The molecule has 0 aliphatic carbocycles. The van der Waals surface area contributed by atoms with Crippen molar-refractivity contribution in [1.29, 1.82) is 0 Å². The summed E-state index contributed by atoms with van der Waals surface area (Å²) in [6.45, 7) is 0. The fourth-order valence-corrected chi connectivity index (χ4v) is 0.249. The summed E-state index contributed by atoms with van der Waals surface area (Å²) in [4.78, 5) is 10.4. The third kappa shape index (κ3) is 3.75. The normalized spacial score (nSPS) is 7.56. The van der Waals surface area contributed by atoms with E-state index in [1.165, 1.54) is 14.1 Å². The molecular weight excluding hydrogens is 120 g/mol. The van der Waals surface area contributed by atoms with Crippen LogP contribution in [-0.4, -0.2) is 30.1 Å². The van der Waals surface area contributed by atoms with Gasteiger partial charge in [0.1, 0.15) is 0 Å². The van der Waals surface area contributed by atoms with E-state index in [2.05, 4.69) is 0 Å². The predicted molar refractivity (Wildman–Crippen MR) is 36.0 cm³/mol. The fraction of sp³-hybridized carbons (Fsp3) is 0.750. The van der Waals surface area contributed by atoms with Gasteiger partial charge in [-0.1, -0.05) is 7.43 Å². The molecule has 0 unspecified atom stereocenters. The number of hydrogen-bond acceptors (Lipinski definition) is 3. The SMILES string of the molecule is C.CN(N)C(=O)N(C)N. The lowest BCUT2D eigenvalue weighted by molar-refractivity contribution is 0.175. The summed E-state index contributed by atoms with van der Waals surface area (Å²) < 4.78 is 0. The van der Waals surface area contributed by atoms with E-state index < -0.39 is 6.03 Å². The third-order valence-electron chi connectivity index (χ3n) is 0.603. The number of hydrogen-bond donors (Lipinski definition) is 2. The van der Waals surface area contributed by atoms with Crippen LogP contribution in [0, 0.1) is 0 Å². The monoisotopic (exact) mass is 134 g/mol. The van der Waals surface area contributed by atoms with Crippen molar-refractivity contribution >= 4 is 6.03 Å². The van der Waals surface area contributed by atoms with Gasteiger partial charge in [-0.05, 0) is 0 Å². The Morgan fingerprint density at radius 3 is 1.44 bits per heavy atom. The zero-order valence-corrected chi connectivity index (χ0v) is 4.96. The Morgan fingerprint density at radius 1 is 1.22 bits per heavy atom. The van der Waals surface area contributed by atoms with Gasteiger partial charge in [0.05, 0.1) is 0 Å². The largest absolute Gasteiger partial charge is 0.347 e. The summed E-state index contributed by atoms with van der Waals surface area (Å²) in [5.41, 5.74) is 0. The standard InChI is InChI=1S/C3H10N4O.CH4/c1-6(4)3(8)7(2)5;/h4-5H2,1-2H3;1H4. The van der Waals surface area contributed by atoms with E-state index in [0.29, 0.717) is 0 Å². The number of carbonyl (C=O) groups is 1. The second-order valence-corrected chi connectivity index (χ2v) is 1.50. The Hall–Kier alpha value is -0.810. The number of nitrogens with zero attached hydrogens (tertiary/aromatic N) is 2. The molecule has 5 nitrogen and oxygen atoms in total. The van der Waals surface area contributed by atoms with E-state index in [9.17, 15) is 4.79 Å². The molecule has 4 N–H and O–H groups in total. The Kier molecular flexibility index (Phi) is 5.04. The van der Waals surface area contributed by atoms with Gasteiger partial charge in [0, 0.05) is 14.1 Å². The van der Waals surface area contributed by atoms with Crippen molar-refractivity contribution < 1.29 is 4.79 Å². The second-order valence-electron chi connectivity index (χ2n) is 1.50. The van der Waals surface area contributed by atoms with Crippen LogP contribution in [0.3, 0.4) is 0 Å². The van der Waals surface area contributed by atoms with Crippen LogP contribution < -0.4 is 11.7 Å². The average molecular weight is 134 g/mol. The molecular formula is C4H14N4O. The first-order chi connectivity index (χ1) is 3.55. The van der Waals surface area contributed by atoms with Crippen LogP contribution >= 0.6 is 0 Å². The maximum atomic E-state index is 10.4. The number of rotatable bonds is 0. The lowest BCUT2D eigenvalue weighted by Crippen LogP contribution is -2.45. The zero-order chi connectivity index (χ0) is 6.73. The second kappa shape index (κ2) is 4.11. The summed E-state index contributed by atoms with van der Waals surface area (Å²) in [7, 11) is 2.84. The Morgan fingerprint density at radius 2 is 1.44 bits per heavy atom. The van der Waals surface area contributed by atoms with Gasteiger partial charge in [0.2, 0.25) is 0 Å². The minimum Gasteiger partial charge on any atom is -0.264 e. The molecule has 0 saturated heterocycles. The minimum atomic E-state index is -0.426. The highest BCUT2D eigenvalue weighted by Gasteiger charge is 2.04. The zero-order valence-electron chi connectivity index (χ0n) is 4.96. The maximum absolute atomic E-state index is 10.4. The molecule has 0 aromatic rings. The molecule has 0 saturated carbocycles. The Labute approximate surface area is 55.1 Å². The molecule has 0 heterocycles. The summed E-state index contributed by atoms with van der Waals surface area (Å²) in [6, 6.07) is -0.426. The van der Waals surface area contributed by atoms with Gasteiger partial charge >= 0.3 is 6.03 Å². The molecule has 0 aliphatic heterocycles. The van der Waals surface area contributed by atoms with Crippen LogP contribution in [0.4, 0.5) is 4.79 Å². The van der Waals surface area contributed by atoms with Crippen molar-refractivity contribution in [2.75, 3.05) is 14.1 Å². The molecule has 0 aromatic carbocycles. The summed E-state index contributed by atoms with van der Waals surface area (Å²) in [5, 5.41) is 1.81. The van der Waals surface area contributed by atoms with Crippen molar-refractivity contribution in [3.05, 3.63) is 0 Å². The smallest absolute Gasteiger partial charge is 0.264 e. The van der Waals surface area contributed by atoms with Crippen LogP contribution in [0.1, 0.15) is 7.43 Å². The van der Waals surface area contributed by atoms with Crippen LogP contribution in [0.15, 0.2) is 0 Å². The average Bonchev–Trinajstić information content (AvgIpc) is 1.64. The minimum absolute atomic E-state index is 0. The van der Waals surface area contributed by atoms with Crippen LogP contribution in [-0.2, 0) is 0 Å². The quantitative estimate of drug-likeness (QED) is 0.263. The summed E-state index contributed by atoms with van der Waals surface area (Å²) in [5.74, 6) is 10.00. The number of nitrogens with two attached hydrogens (primary N) is 2. The van der Waals surface area contributed by atoms with Crippen molar-refractivity contribution in [2.24, 2.45) is 11.7 Å². The van der Waals surface area contributed by atoms with Crippen molar-refractivity contribution in [2.45, 2.75) is 7.43 Å². The number of hydrazine groups is 2. The molecule has 0 aliphatic rings. The van der Waals surface area contributed by atoms with Crippen LogP contribution in [0.25, 0.3) is 0 Å². The van der Waals surface area contributed by atoms with Crippen LogP contribution in [0.5, 0.6) is 0 Å². The molecule has 9 heavy (non-hydrogen) atoms. The maximum Gasteiger partial charge on any atom is 0.347 e. The molecule has 0 atom stereocenters. The Balaban J connectivity index is 0. The van der Waals surface area contributed by atoms with Gasteiger partial charge in [-0.2, -0.15) is 0 Å². The highest BCUT2D eigenvalue weighted by Crippen LogP contribution is 1.77. The summed E-state index contributed by atoms with van der Waals surface area (Å²) >= 11 is 0. The number of urea groups is 1. The highest BCUT2D eigenvalue weighted by molar-refractivity contribution is 5.72. The van der Waals surface area contributed by atoms with E-state index in [-0.39, 0.29) is 7.43 Å². The van der Waals surface area contributed by atoms with Gasteiger partial charge < -0.3 is 0 Å². The van der Waals surface area contributed by atoms with Gasteiger partial charge in [0.25, 0.3) is 0 Å². The first kappa shape index (κ1) is 11.0. The first-order valence-electron chi connectivity index (χ1n) is 2.06. The van der Waals surface area contributed by atoms with E-state index in [1.807, 2.05) is 0 Å². The first-order valence-corrected chi connectivity index (χ1v) is 2.06. The Bertz CT molecular complexity index is 80.6. The lowest BCUT2D eigenvalue weighted by atomic mass is 10.9. The van der Waals surface area contributed by atoms with E-state index in [1.54, 1.807) is 0 Å². The van der Waals surface area contributed by atoms with Gasteiger partial charge in [-0.25, -0.2) is 16.5 Å². The van der Waals surface area contributed by atoms with Crippen molar-refractivity contribution in [3.8, 4) is 0 Å². The third-order valence-corrected chi connectivity index (χ3v) is 0.603. The molecule has 0 aromatic heterocycles. The van der Waals surface area contributed by atoms with Crippen molar-refractivity contribution in [1.82, 2.24) is 10.0 Å². The molecule has 0 bridgehead atoms. The molecule has 0 fully saturated rings. The number of carbonyl (C=O) groups excluding carboxylic acids is 1.